The van der Waals surface area contributed by atoms with E-state index >= 15 is 0 Å². The highest BCUT2D eigenvalue weighted by molar-refractivity contribution is 5.86. The standard InChI is InChI=1S/C19H20N6O2/c1-27-19(26)15-12-21-18(13-20-15)24-8-7-17-22-16(23-25(17)10-9-24)11-14-5-3-2-4-6-14/h2-6,12-13H,7-11H2,1H3. The predicted octanol–water partition coefficient (Wildman–Crippen LogP) is 1.51. The summed E-state index contributed by atoms with van der Waals surface area (Å²) in [6, 6.07) is 10.2. The van der Waals surface area contributed by atoms with Crippen molar-refractivity contribution in [3.63, 3.8) is 0 Å². The molecule has 8 heteroatoms. The first kappa shape index (κ1) is 17.1. The molecule has 138 valence electrons. The van der Waals surface area contributed by atoms with Crippen molar-refractivity contribution in [1.82, 2.24) is 24.7 Å². The fourth-order valence-electron chi connectivity index (χ4n) is 3.13. The summed E-state index contributed by atoms with van der Waals surface area (Å²) in [7, 11) is 1.33. The Labute approximate surface area is 156 Å². The van der Waals surface area contributed by atoms with Crippen LogP contribution in [0.1, 0.15) is 27.7 Å². The number of ether oxygens (including phenoxy) is 1. The summed E-state index contributed by atoms with van der Waals surface area (Å²) in [5.74, 6) is 2.09. The highest BCUT2D eigenvalue weighted by Gasteiger charge is 2.19. The number of carbonyl (C=O) groups is 1. The SMILES string of the molecule is COC(=O)c1cnc(N2CCc3nc(Cc4ccccc4)nn3CC2)cn1. The summed E-state index contributed by atoms with van der Waals surface area (Å²) in [6.45, 7) is 2.26. The zero-order valence-corrected chi connectivity index (χ0v) is 15.1. The predicted molar refractivity (Wildman–Crippen MR) is 98.6 cm³/mol. The van der Waals surface area contributed by atoms with Gasteiger partial charge in [0.1, 0.15) is 11.6 Å². The first-order valence-electron chi connectivity index (χ1n) is 8.85. The molecule has 0 saturated heterocycles. The number of nitrogens with zero attached hydrogens (tertiary/aromatic N) is 6. The first-order chi connectivity index (χ1) is 13.2. The molecular weight excluding hydrogens is 344 g/mol. The van der Waals surface area contributed by atoms with Gasteiger partial charge in [-0.05, 0) is 5.56 Å². The van der Waals surface area contributed by atoms with Gasteiger partial charge in [0.25, 0.3) is 0 Å². The third kappa shape index (κ3) is 3.79. The van der Waals surface area contributed by atoms with Gasteiger partial charge >= 0.3 is 5.97 Å². The van der Waals surface area contributed by atoms with E-state index in [1.807, 2.05) is 22.9 Å². The van der Waals surface area contributed by atoms with Crippen LogP contribution in [0.3, 0.4) is 0 Å². The van der Waals surface area contributed by atoms with Gasteiger partial charge in [0, 0.05) is 25.9 Å². The Bertz CT molecular complexity index is 898. The maximum atomic E-state index is 11.5. The van der Waals surface area contributed by atoms with Crippen LogP contribution < -0.4 is 4.90 Å². The second kappa shape index (κ2) is 7.53. The number of esters is 1. The van der Waals surface area contributed by atoms with Crippen LogP contribution in [-0.4, -0.2) is 50.9 Å². The Morgan fingerprint density at radius 2 is 1.96 bits per heavy atom. The van der Waals surface area contributed by atoms with Gasteiger partial charge in [-0.25, -0.2) is 24.4 Å². The fraction of sp³-hybridized carbons (Fsp3) is 0.316. The average molecular weight is 364 g/mol. The molecule has 1 aliphatic rings. The van der Waals surface area contributed by atoms with Crippen LogP contribution in [0.4, 0.5) is 5.82 Å². The summed E-state index contributed by atoms with van der Waals surface area (Å²) >= 11 is 0. The molecule has 0 amide bonds. The van der Waals surface area contributed by atoms with Gasteiger partial charge in [-0.3, -0.25) is 0 Å². The first-order valence-corrected chi connectivity index (χ1v) is 8.85. The summed E-state index contributed by atoms with van der Waals surface area (Å²) in [5.41, 5.74) is 1.41. The van der Waals surface area contributed by atoms with Crippen molar-refractivity contribution in [3.05, 3.63) is 65.6 Å². The normalized spacial score (nSPS) is 13.7. The molecule has 0 N–H and O–H groups in total. The number of hydrogen-bond donors (Lipinski definition) is 0. The zero-order chi connectivity index (χ0) is 18.6. The van der Waals surface area contributed by atoms with Crippen molar-refractivity contribution in [1.29, 1.82) is 0 Å². The molecule has 1 aromatic carbocycles. The Morgan fingerprint density at radius 1 is 1.11 bits per heavy atom. The zero-order valence-electron chi connectivity index (χ0n) is 15.1. The Balaban J connectivity index is 1.43. The molecule has 3 aromatic rings. The largest absolute Gasteiger partial charge is 0.464 e. The fourth-order valence-corrected chi connectivity index (χ4v) is 3.13. The highest BCUT2D eigenvalue weighted by atomic mass is 16.5. The molecule has 1 aliphatic heterocycles. The molecule has 0 spiro atoms. The summed E-state index contributed by atoms with van der Waals surface area (Å²) < 4.78 is 6.63. The van der Waals surface area contributed by atoms with Crippen LogP contribution >= 0.6 is 0 Å². The van der Waals surface area contributed by atoms with Gasteiger partial charge in [-0.1, -0.05) is 30.3 Å². The van der Waals surface area contributed by atoms with Gasteiger partial charge in [-0.15, -0.1) is 0 Å². The maximum Gasteiger partial charge on any atom is 0.358 e. The van der Waals surface area contributed by atoms with Gasteiger partial charge in [-0.2, -0.15) is 5.10 Å². The lowest BCUT2D eigenvalue weighted by molar-refractivity contribution is 0.0593. The average Bonchev–Trinajstić information content (AvgIpc) is 2.99. The van der Waals surface area contributed by atoms with Gasteiger partial charge in [0.15, 0.2) is 11.5 Å². The molecule has 8 nitrogen and oxygen atoms in total. The quantitative estimate of drug-likeness (QED) is 0.649. The van der Waals surface area contributed by atoms with Crippen LogP contribution in [0.15, 0.2) is 42.7 Å². The van der Waals surface area contributed by atoms with E-state index in [-0.39, 0.29) is 5.69 Å². The monoisotopic (exact) mass is 364 g/mol. The van der Waals surface area contributed by atoms with Crippen molar-refractivity contribution >= 4 is 11.8 Å². The topological polar surface area (TPSA) is 86.0 Å². The molecule has 27 heavy (non-hydrogen) atoms. The second-order valence-electron chi connectivity index (χ2n) is 6.32. The van der Waals surface area contributed by atoms with E-state index in [1.54, 1.807) is 6.20 Å². The summed E-state index contributed by atoms with van der Waals surface area (Å²) in [4.78, 5) is 26.8. The van der Waals surface area contributed by atoms with Crippen LogP contribution in [0.5, 0.6) is 0 Å². The number of carbonyl (C=O) groups excluding carboxylic acids is 1. The Hall–Kier alpha value is -3.29. The molecule has 4 rings (SSSR count). The molecule has 0 aliphatic carbocycles. The number of fused-ring (bicyclic) bond motifs is 1. The maximum absolute atomic E-state index is 11.5. The van der Waals surface area contributed by atoms with E-state index in [0.29, 0.717) is 0 Å². The molecule has 0 unspecified atom stereocenters. The van der Waals surface area contributed by atoms with Crippen LogP contribution in [-0.2, 0) is 24.1 Å². The third-order valence-electron chi connectivity index (χ3n) is 4.54. The summed E-state index contributed by atoms with van der Waals surface area (Å²) in [5, 5.41) is 4.66. The van der Waals surface area contributed by atoms with E-state index in [0.717, 1.165) is 49.9 Å². The summed E-state index contributed by atoms with van der Waals surface area (Å²) in [6.07, 6.45) is 4.57. The minimum atomic E-state index is -0.486. The van der Waals surface area contributed by atoms with Gasteiger partial charge in [0.05, 0.1) is 26.0 Å². The van der Waals surface area contributed by atoms with Crippen molar-refractivity contribution in [2.45, 2.75) is 19.4 Å². The molecular formula is C19H20N6O2. The second-order valence-corrected chi connectivity index (χ2v) is 6.32. The number of methoxy groups -OCH3 is 1. The van der Waals surface area contributed by atoms with Crippen molar-refractivity contribution in [2.75, 3.05) is 25.1 Å². The minimum Gasteiger partial charge on any atom is -0.464 e. The molecule has 2 aromatic heterocycles. The molecule has 3 heterocycles. The lowest BCUT2D eigenvalue weighted by Crippen LogP contribution is -2.28. The molecule has 0 fully saturated rings. The highest BCUT2D eigenvalue weighted by Crippen LogP contribution is 2.15. The molecule has 0 bridgehead atoms. The number of anilines is 1. The van der Waals surface area contributed by atoms with E-state index in [4.69, 9.17) is 4.98 Å². The third-order valence-corrected chi connectivity index (χ3v) is 4.54. The van der Waals surface area contributed by atoms with Crippen molar-refractivity contribution < 1.29 is 9.53 Å². The van der Waals surface area contributed by atoms with Gasteiger partial charge < -0.3 is 9.64 Å². The van der Waals surface area contributed by atoms with Crippen molar-refractivity contribution in [3.8, 4) is 0 Å². The van der Waals surface area contributed by atoms with Crippen LogP contribution in [0, 0.1) is 0 Å². The molecule has 0 atom stereocenters. The van der Waals surface area contributed by atoms with E-state index in [2.05, 4.69) is 36.8 Å². The van der Waals surface area contributed by atoms with Crippen molar-refractivity contribution in [2.24, 2.45) is 0 Å². The number of hydrogen-bond acceptors (Lipinski definition) is 7. The Morgan fingerprint density at radius 3 is 2.70 bits per heavy atom. The van der Waals surface area contributed by atoms with Crippen LogP contribution in [0.25, 0.3) is 0 Å². The lowest BCUT2D eigenvalue weighted by Gasteiger charge is -2.20. The minimum absolute atomic E-state index is 0.205. The van der Waals surface area contributed by atoms with Crippen LogP contribution in [0.2, 0.25) is 0 Å². The molecule has 0 radical (unpaired) electrons. The lowest BCUT2D eigenvalue weighted by atomic mass is 10.1. The molecule has 0 saturated carbocycles. The number of benzene rings is 1. The van der Waals surface area contributed by atoms with E-state index in [1.165, 1.54) is 18.9 Å². The van der Waals surface area contributed by atoms with E-state index < -0.39 is 5.97 Å². The number of rotatable bonds is 4. The van der Waals surface area contributed by atoms with E-state index in [9.17, 15) is 4.79 Å². The number of aromatic nitrogens is 5. The van der Waals surface area contributed by atoms with Gasteiger partial charge in [0.2, 0.25) is 0 Å². The smallest absolute Gasteiger partial charge is 0.358 e. The Kier molecular flexibility index (Phi) is 4.78.